The molecule has 0 bridgehead atoms. The second kappa shape index (κ2) is 9.94. The summed E-state index contributed by atoms with van der Waals surface area (Å²) < 4.78 is 19.6. The van der Waals surface area contributed by atoms with Gasteiger partial charge in [-0.2, -0.15) is 0 Å². The summed E-state index contributed by atoms with van der Waals surface area (Å²) in [7, 11) is 1.82. The maximum atomic E-state index is 13.9. The second-order valence-electron chi connectivity index (χ2n) is 8.14. The molecule has 1 saturated heterocycles. The average Bonchev–Trinajstić information content (AvgIpc) is 2.79. The van der Waals surface area contributed by atoms with Crippen molar-refractivity contribution in [2.75, 3.05) is 33.3 Å². The Balaban J connectivity index is 1.24. The highest BCUT2D eigenvalue weighted by atomic mass is 19.1. The van der Waals surface area contributed by atoms with Crippen LogP contribution in [0.1, 0.15) is 36.4 Å². The van der Waals surface area contributed by atoms with Crippen LogP contribution in [0.3, 0.4) is 0 Å². The van der Waals surface area contributed by atoms with Gasteiger partial charge in [0.15, 0.2) is 5.96 Å². The summed E-state index contributed by atoms with van der Waals surface area (Å²) in [4.78, 5) is 6.77. The standard InChI is InChI=1S/C24H31FN4O/c1-26-24(28-22-12-15-30-23-9-5-3-7-20(22)23)27-16-18-10-13-29(14-11-18)17-19-6-2-4-8-21(19)25/h2-9,18,22H,10-17H2,1H3,(H2,26,27,28). The maximum Gasteiger partial charge on any atom is 0.191 e. The molecular formula is C24H31FN4O. The molecule has 0 aliphatic carbocycles. The monoisotopic (exact) mass is 410 g/mol. The van der Waals surface area contributed by atoms with Crippen molar-refractivity contribution in [1.29, 1.82) is 0 Å². The zero-order valence-corrected chi connectivity index (χ0v) is 17.6. The SMILES string of the molecule is CN=C(NCC1CCN(Cc2ccccc2F)CC1)NC1CCOc2ccccc21. The van der Waals surface area contributed by atoms with Crippen LogP contribution in [0.15, 0.2) is 53.5 Å². The van der Waals surface area contributed by atoms with Crippen molar-refractivity contribution in [1.82, 2.24) is 15.5 Å². The Morgan fingerprint density at radius 2 is 1.87 bits per heavy atom. The molecule has 1 fully saturated rings. The molecule has 0 radical (unpaired) electrons. The van der Waals surface area contributed by atoms with E-state index < -0.39 is 0 Å². The molecule has 0 saturated carbocycles. The molecule has 4 rings (SSSR count). The van der Waals surface area contributed by atoms with Gasteiger partial charge in [0, 0.05) is 37.7 Å². The lowest BCUT2D eigenvalue weighted by molar-refractivity contribution is 0.176. The van der Waals surface area contributed by atoms with Crippen molar-refractivity contribution in [3.05, 3.63) is 65.5 Å². The van der Waals surface area contributed by atoms with Gasteiger partial charge in [0.25, 0.3) is 0 Å². The van der Waals surface area contributed by atoms with Crippen LogP contribution in [-0.2, 0) is 6.54 Å². The highest BCUT2D eigenvalue weighted by Crippen LogP contribution is 2.31. The fourth-order valence-electron chi connectivity index (χ4n) is 4.31. The highest BCUT2D eigenvalue weighted by Gasteiger charge is 2.23. The van der Waals surface area contributed by atoms with Crippen LogP contribution in [0.4, 0.5) is 4.39 Å². The number of rotatable bonds is 5. The van der Waals surface area contributed by atoms with Crippen molar-refractivity contribution in [3.8, 4) is 5.75 Å². The summed E-state index contributed by atoms with van der Waals surface area (Å²) in [5.41, 5.74) is 1.98. The molecule has 0 spiro atoms. The topological polar surface area (TPSA) is 48.9 Å². The van der Waals surface area contributed by atoms with E-state index in [9.17, 15) is 4.39 Å². The van der Waals surface area contributed by atoms with E-state index in [4.69, 9.17) is 4.74 Å². The minimum absolute atomic E-state index is 0.106. The number of ether oxygens (including phenoxy) is 1. The van der Waals surface area contributed by atoms with Crippen molar-refractivity contribution in [2.24, 2.45) is 10.9 Å². The highest BCUT2D eigenvalue weighted by molar-refractivity contribution is 5.80. The molecule has 1 atom stereocenters. The number of likely N-dealkylation sites (tertiary alicyclic amines) is 1. The summed E-state index contributed by atoms with van der Waals surface area (Å²) in [5, 5.41) is 7.07. The number of halogens is 1. The van der Waals surface area contributed by atoms with Crippen LogP contribution in [0.5, 0.6) is 5.75 Å². The summed E-state index contributed by atoms with van der Waals surface area (Å²) in [5.74, 6) is 2.29. The first-order valence-electron chi connectivity index (χ1n) is 10.9. The molecular weight excluding hydrogens is 379 g/mol. The zero-order valence-electron chi connectivity index (χ0n) is 17.6. The summed E-state index contributed by atoms with van der Waals surface area (Å²) in [6.45, 7) is 4.31. The smallest absolute Gasteiger partial charge is 0.191 e. The first-order valence-corrected chi connectivity index (χ1v) is 10.9. The number of piperidine rings is 1. The number of guanidine groups is 1. The van der Waals surface area contributed by atoms with Crippen molar-refractivity contribution < 1.29 is 9.13 Å². The molecule has 2 heterocycles. The van der Waals surface area contributed by atoms with Crippen LogP contribution in [0, 0.1) is 11.7 Å². The predicted molar refractivity (Wildman–Crippen MR) is 118 cm³/mol. The lowest BCUT2D eigenvalue weighted by Gasteiger charge is -2.33. The molecule has 2 N–H and O–H groups in total. The van der Waals surface area contributed by atoms with Crippen molar-refractivity contribution in [3.63, 3.8) is 0 Å². The normalized spacial score (nSPS) is 20.3. The Morgan fingerprint density at radius 3 is 2.67 bits per heavy atom. The molecule has 160 valence electrons. The van der Waals surface area contributed by atoms with Gasteiger partial charge in [-0.1, -0.05) is 36.4 Å². The summed E-state index contributed by atoms with van der Waals surface area (Å²) in [6, 6.07) is 15.5. The third kappa shape index (κ3) is 5.11. The van der Waals surface area contributed by atoms with Gasteiger partial charge in [0.1, 0.15) is 11.6 Å². The molecule has 0 amide bonds. The molecule has 1 unspecified atom stereocenters. The molecule has 6 heteroatoms. The quantitative estimate of drug-likeness (QED) is 0.583. The van der Waals surface area contributed by atoms with E-state index in [1.165, 1.54) is 5.56 Å². The first kappa shape index (κ1) is 20.7. The minimum atomic E-state index is -0.106. The lowest BCUT2D eigenvalue weighted by Crippen LogP contribution is -2.44. The Bertz CT molecular complexity index is 864. The average molecular weight is 411 g/mol. The van der Waals surface area contributed by atoms with Gasteiger partial charge in [-0.15, -0.1) is 0 Å². The van der Waals surface area contributed by atoms with E-state index in [2.05, 4.69) is 26.6 Å². The third-order valence-corrected chi connectivity index (χ3v) is 6.11. The number of para-hydroxylation sites is 1. The Kier molecular flexibility index (Phi) is 6.84. The van der Waals surface area contributed by atoms with Gasteiger partial charge in [-0.05, 0) is 44.0 Å². The third-order valence-electron chi connectivity index (χ3n) is 6.11. The molecule has 2 aromatic carbocycles. The maximum absolute atomic E-state index is 13.9. The van der Waals surface area contributed by atoms with Crippen molar-refractivity contribution >= 4 is 5.96 Å². The van der Waals surface area contributed by atoms with Crippen molar-refractivity contribution in [2.45, 2.75) is 31.8 Å². The lowest BCUT2D eigenvalue weighted by atomic mass is 9.96. The van der Waals surface area contributed by atoms with Crippen LogP contribution >= 0.6 is 0 Å². The van der Waals surface area contributed by atoms with Gasteiger partial charge in [0.05, 0.1) is 12.6 Å². The number of fused-ring (bicyclic) bond motifs is 1. The molecule has 2 aliphatic heterocycles. The Hall–Kier alpha value is -2.60. The number of benzene rings is 2. The first-order chi connectivity index (χ1) is 14.7. The van der Waals surface area contributed by atoms with Gasteiger partial charge >= 0.3 is 0 Å². The van der Waals surface area contributed by atoms with Gasteiger partial charge < -0.3 is 15.4 Å². The molecule has 2 aliphatic rings. The van der Waals surface area contributed by atoms with Crippen LogP contribution in [0.2, 0.25) is 0 Å². The minimum Gasteiger partial charge on any atom is -0.493 e. The number of hydrogen-bond donors (Lipinski definition) is 2. The van der Waals surface area contributed by atoms with E-state index in [-0.39, 0.29) is 11.9 Å². The summed E-state index contributed by atoms with van der Waals surface area (Å²) >= 11 is 0. The number of aliphatic imine (C=N–C) groups is 1. The molecule has 30 heavy (non-hydrogen) atoms. The van der Waals surface area contributed by atoms with Crippen LogP contribution in [-0.4, -0.2) is 44.1 Å². The van der Waals surface area contributed by atoms with E-state index in [1.54, 1.807) is 12.1 Å². The van der Waals surface area contributed by atoms with E-state index >= 15 is 0 Å². The predicted octanol–water partition coefficient (Wildman–Crippen LogP) is 3.73. The van der Waals surface area contributed by atoms with Crippen LogP contribution < -0.4 is 15.4 Å². The van der Waals surface area contributed by atoms with E-state index in [0.717, 1.165) is 56.2 Å². The number of nitrogens with zero attached hydrogens (tertiary/aromatic N) is 2. The fourth-order valence-corrected chi connectivity index (χ4v) is 4.31. The van der Waals surface area contributed by atoms with Gasteiger partial charge in [0.2, 0.25) is 0 Å². The summed E-state index contributed by atoms with van der Waals surface area (Å²) in [6.07, 6.45) is 3.14. The van der Waals surface area contributed by atoms with E-state index in [1.807, 2.05) is 37.4 Å². The van der Waals surface area contributed by atoms with Gasteiger partial charge in [-0.3, -0.25) is 9.89 Å². The van der Waals surface area contributed by atoms with E-state index in [0.29, 0.717) is 19.1 Å². The fraction of sp³-hybridized carbons (Fsp3) is 0.458. The second-order valence-corrected chi connectivity index (χ2v) is 8.14. The zero-order chi connectivity index (χ0) is 20.8. The number of hydrogen-bond acceptors (Lipinski definition) is 3. The molecule has 5 nitrogen and oxygen atoms in total. The van der Waals surface area contributed by atoms with Crippen LogP contribution in [0.25, 0.3) is 0 Å². The molecule has 0 aromatic heterocycles. The Morgan fingerprint density at radius 1 is 1.10 bits per heavy atom. The Labute approximate surface area is 178 Å². The van der Waals surface area contributed by atoms with Gasteiger partial charge in [-0.25, -0.2) is 4.39 Å². The molecule has 2 aromatic rings. The number of nitrogens with one attached hydrogen (secondary N) is 2. The largest absolute Gasteiger partial charge is 0.493 e.